The van der Waals surface area contributed by atoms with Gasteiger partial charge in [-0.15, -0.1) is 0 Å². The van der Waals surface area contributed by atoms with Gasteiger partial charge in [-0.25, -0.2) is 9.07 Å². The molecule has 0 amide bonds. The number of hydrogen-bond donors (Lipinski definition) is 1. The van der Waals surface area contributed by atoms with Crippen LogP contribution in [0.15, 0.2) is 24.3 Å². The van der Waals surface area contributed by atoms with Crippen LogP contribution in [-0.4, -0.2) is 16.3 Å². The van der Waals surface area contributed by atoms with Crippen molar-refractivity contribution in [1.29, 1.82) is 0 Å². The Kier molecular flexibility index (Phi) is 7.13. The Morgan fingerprint density at radius 3 is 2.81 bits per heavy atom. The number of hydrogen-bond acceptors (Lipinski definition) is 3. The molecule has 0 aliphatic heterocycles. The van der Waals surface area contributed by atoms with Gasteiger partial charge in [0.25, 0.3) is 0 Å². The highest BCUT2D eigenvalue weighted by Crippen LogP contribution is 2.35. The predicted octanol–water partition coefficient (Wildman–Crippen LogP) is 5.51. The van der Waals surface area contributed by atoms with Gasteiger partial charge in [0.05, 0.1) is 11.7 Å². The molecule has 4 nitrogen and oxygen atoms in total. The summed E-state index contributed by atoms with van der Waals surface area (Å²) < 4.78 is 22.0. The van der Waals surface area contributed by atoms with Crippen LogP contribution in [0.2, 0.25) is 5.02 Å². The minimum absolute atomic E-state index is 0.135. The van der Waals surface area contributed by atoms with E-state index >= 15 is 0 Å². The minimum atomic E-state index is -0.307. The number of halogens is 2. The van der Waals surface area contributed by atoms with Crippen molar-refractivity contribution in [2.75, 3.05) is 6.54 Å². The molecule has 1 N–H and O–H groups in total. The molecule has 1 unspecified atom stereocenters. The van der Waals surface area contributed by atoms with E-state index in [9.17, 15) is 4.39 Å². The van der Waals surface area contributed by atoms with Crippen molar-refractivity contribution in [1.82, 2.24) is 15.1 Å². The zero-order chi connectivity index (χ0) is 19.2. The molecule has 0 saturated heterocycles. The van der Waals surface area contributed by atoms with Crippen molar-refractivity contribution in [2.45, 2.75) is 65.1 Å². The van der Waals surface area contributed by atoms with E-state index in [4.69, 9.17) is 21.4 Å². The zero-order valence-electron chi connectivity index (χ0n) is 16.2. The summed E-state index contributed by atoms with van der Waals surface area (Å²) in [5.74, 6) is 0.995. The molecule has 6 heteroatoms. The van der Waals surface area contributed by atoms with Gasteiger partial charge in [-0.1, -0.05) is 37.8 Å². The molecule has 27 heavy (non-hydrogen) atoms. The molecule has 0 spiro atoms. The third-order valence-corrected chi connectivity index (χ3v) is 5.64. The van der Waals surface area contributed by atoms with Gasteiger partial charge in [0.2, 0.25) is 5.88 Å². The third-order valence-electron chi connectivity index (χ3n) is 5.41. The van der Waals surface area contributed by atoms with Crippen molar-refractivity contribution in [3.8, 4) is 5.88 Å². The van der Waals surface area contributed by atoms with Crippen LogP contribution in [0.25, 0.3) is 0 Å². The fourth-order valence-electron chi connectivity index (χ4n) is 3.79. The molecule has 2 aromatic rings. The van der Waals surface area contributed by atoms with E-state index < -0.39 is 0 Å². The van der Waals surface area contributed by atoms with Crippen LogP contribution in [0.3, 0.4) is 0 Å². The van der Waals surface area contributed by atoms with E-state index in [0.717, 1.165) is 12.2 Å². The first kappa shape index (κ1) is 20.2. The molecule has 1 atom stereocenters. The molecule has 1 aliphatic carbocycles. The van der Waals surface area contributed by atoms with Crippen LogP contribution in [0.5, 0.6) is 5.88 Å². The van der Waals surface area contributed by atoms with Gasteiger partial charge >= 0.3 is 0 Å². The standard InChI is InChI=1S/C21H29ClFN3O/c1-3-24-13-19-12-21(27-14-17-11-18(22)9-10-20(17)23)26(25-19)15(2)16-7-5-4-6-8-16/h9-12,15-16,24H,3-8,13-14H2,1-2H3. The van der Waals surface area contributed by atoms with Gasteiger partial charge in [-0.2, -0.15) is 5.10 Å². The number of aromatic nitrogens is 2. The number of nitrogens with one attached hydrogen (secondary N) is 1. The molecule has 1 aliphatic rings. The van der Waals surface area contributed by atoms with Gasteiger partial charge < -0.3 is 10.1 Å². The molecule has 1 aromatic heterocycles. The van der Waals surface area contributed by atoms with E-state index in [0.29, 0.717) is 28.9 Å². The van der Waals surface area contributed by atoms with Crippen LogP contribution >= 0.6 is 11.6 Å². The molecule has 1 aromatic carbocycles. The fourth-order valence-corrected chi connectivity index (χ4v) is 3.98. The number of ether oxygens (including phenoxy) is 1. The topological polar surface area (TPSA) is 39.1 Å². The second-order valence-corrected chi connectivity index (χ2v) is 7.80. The van der Waals surface area contributed by atoms with E-state index in [-0.39, 0.29) is 18.5 Å². The molecule has 1 fully saturated rings. The van der Waals surface area contributed by atoms with E-state index in [1.165, 1.54) is 38.2 Å². The Labute approximate surface area is 166 Å². The molecular formula is C21H29ClFN3O. The Morgan fingerprint density at radius 1 is 1.30 bits per heavy atom. The van der Waals surface area contributed by atoms with Crippen LogP contribution in [0.4, 0.5) is 4.39 Å². The average Bonchev–Trinajstić information content (AvgIpc) is 3.10. The van der Waals surface area contributed by atoms with Gasteiger partial charge in [0.15, 0.2) is 0 Å². The predicted molar refractivity (Wildman–Crippen MR) is 107 cm³/mol. The summed E-state index contributed by atoms with van der Waals surface area (Å²) in [6, 6.07) is 6.76. The number of benzene rings is 1. The highest BCUT2D eigenvalue weighted by molar-refractivity contribution is 6.30. The highest BCUT2D eigenvalue weighted by Gasteiger charge is 2.25. The molecule has 0 bridgehead atoms. The Hall–Kier alpha value is -1.59. The summed E-state index contributed by atoms with van der Waals surface area (Å²) in [4.78, 5) is 0. The van der Waals surface area contributed by atoms with Crippen molar-refractivity contribution >= 4 is 11.6 Å². The molecule has 1 heterocycles. The second kappa shape index (κ2) is 9.56. The smallest absolute Gasteiger partial charge is 0.212 e. The van der Waals surface area contributed by atoms with Gasteiger partial charge in [-0.05, 0) is 50.4 Å². The molecule has 148 valence electrons. The van der Waals surface area contributed by atoms with Gasteiger partial charge in [0, 0.05) is 23.2 Å². The Balaban J connectivity index is 1.78. The van der Waals surface area contributed by atoms with Crippen molar-refractivity contribution in [3.63, 3.8) is 0 Å². The number of rotatable bonds is 8. The summed E-state index contributed by atoms with van der Waals surface area (Å²) in [5, 5.41) is 8.60. The van der Waals surface area contributed by atoms with Gasteiger partial charge in [-0.3, -0.25) is 0 Å². The Morgan fingerprint density at radius 2 is 2.07 bits per heavy atom. The van der Waals surface area contributed by atoms with Crippen LogP contribution in [0.1, 0.15) is 63.3 Å². The first-order valence-electron chi connectivity index (χ1n) is 9.94. The summed E-state index contributed by atoms with van der Waals surface area (Å²) in [6.07, 6.45) is 6.35. The first-order valence-corrected chi connectivity index (χ1v) is 10.3. The van der Waals surface area contributed by atoms with E-state index in [2.05, 4.69) is 19.2 Å². The average molecular weight is 394 g/mol. The monoisotopic (exact) mass is 393 g/mol. The number of nitrogens with zero attached hydrogens (tertiary/aromatic N) is 2. The quantitative estimate of drug-likeness (QED) is 0.643. The summed E-state index contributed by atoms with van der Waals surface area (Å²) in [6.45, 7) is 6.00. The maximum absolute atomic E-state index is 14.0. The largest absolute Gasteiger partial charge is 0.473 e. The lowest BCUT2D eigenvalue weighted by atomic mass is 9.85. The van der Waals surface area contributed by atoms with Crippen LogP contribution in [0, 0.1) is 11.7 Å². The third kappa shape index (κ3) is 5.23. The van der Waals surface area contributed by atoms with Crippen molar-refractivity contribution < 1.29 is 9.13 Å². The molecule has 3 rings (SSSR count). The van der Waals surface area contributed by atoms with Gasteiger partial charge in [0.1, 0.15) is 12.4 Å². The van der Waals surface area contributed by atoms with Crippen LogP contribution in [-0.2, 0) is 13.2 Å². The maximum atomic E-state index is 14.0. The summed E-state index contributed by atoms with van der Waals surface area (Å²) in [5.41, 5.74) is 1.40. The molecule has 1 saturated carbocycles. The first-order chi connectivity index (χ1) is 13.1. The Bertz CT molecular complexity index is 743. The summed E-state index contributed by atoms with van der Waals surface area (Å²) >= 11 is 6.00. The zero-order valence-corrected chi connectivity index (χ0v) is 16.9. The van der Waals surface area contributed by atoms with Crippen molar-refractivity contribution in [3.05, 3.63) is 46.4 Å². The second-order valence-electron chi connectivity index (χ2n) is 7.36. The molecule has 0 radical (unpaired) electrons. The SMILES string of the molecule is CCNCc1cc(OCc2cc(Cl)ccc2F)n(C(C)C2CCCCC2)n1. The maximum Gasteiger partial charge on any atom is 0.212 e. The fraction of sp³-hybridized carbons (Fsp3) is 0.571. The lowest BCUT2D eigenvalue weighted by Gasteiger charge is -2.28. The van der Waals surface area contributed by atoms with Crippen molar-refractivity contribution in [2.24, 2.45) is 5.92 Å². The lowest BCUT2D eigenvalue weighted by molar-refractivity contribution is 0.208. The molecular weight excluding hydrogens is 365 g/mol. The lowest BCUT2D eigenvalue weighted by Crippen LogP contribution is -2.21. The van der Waals surface area contributed by atoms with Crippen LogP contribution < -0.4 is 10.1 Å². The summed E-state index contributed by atoms with van der Waals surface area (Å²) in [7, 11) is 0. The minimum Gasteiger partial charge on any atom is -0.473 e. The highest BCUT2D eigenvalue weighted by atomic mass is 35.5. The normalized spacial score (nSPS) is 16.4. The van der Waals surface area contributed by atoms with E-state index in [1.807, 2.05) is 10.7 Å². The van der Waals surface area contributed by atoms with E-state index in [1.54, 1.807) is 12.1 Å².